The molecule has 16 heavy (non-hydrogen) atoms. The number of rotatable bonds is 5. The van der Waals surface area contributed by atoms with E-state index < -0.39 is 12.6 Å². The van der Waals surface area contributed by atoms with E-state index in [1.165, 1.54) is 6.92 Å². The third-order valence-corrected chi connectivity index (χ3v) is 2.20. The molecule has 0 amide bonds. The molecule has 5 heteroatoms. The highest BCUT2D eigenvalue weighted by Crippen LogP contribution is 2.26. The van der Waals surface area contributed by atoms with E-state index in [4.69, 9.17) is 0 Å². The highest BCUT2D eigenvalue weighted by molar-refractivity contribution is 5.69. The van der Waals surface area contributed by atoms with Gasteiger partial charge in [-0.25, -0.2) is 0 Å². The maximum Gasteiger partial charge on any atom is 0.392 e. The molecule has 0 atom stereocenters. The molecule has 0 N–H and O–H groups in total. The molecule has 0 spiro atoms. The number of ether oxygens (including phenoxy) is 1. The number of hydrogen-bond donors (Lipinski definition) is 0. The number of carbonyl (C=O) groups is 1. The highest BCUT2D eigenvalue weighted by Gasteiger charge is 2.27. The van der Waals surface area contributed by atoms with Crippen LogP contribution in [0.3, 0.4) is 0 Å². The molecule has 0 aliphatic rings. The van der Waals surface area contributed by atoms with Crippen LogP contribution in [0.4, 0.5) is 13.2 Å². The predicted octanol–water partition coefficient (Wildman–Crippen LogP) is 3.62. The first-order chi connectivity index (χ1) is 7.26. The molecule has 0 aromatic heterocycles. The highest BCUT2D eigenvalue weighted by atomic mass is 19.4. The van der Waals surface area contributed by atoms with Crippen LogP contribution in [-0.4, -0.2) is 18.8 Å². The molecule has 0 aliphatic carbocycles. The van der Waals surface area contributed by atoms with Crippen LogP contribution < -0.4 is 0 Å². The molecule has 2 nitrogen and oxygen atoms in total. The number of alkyl halides is 3. The van der Waals surface area contributed by atoms with Crippen molar-refractivity contribution in [1.82, 2.24) is 0 Å². The van der Waals surface area contributed by atoms with Gasteiger partial charge in [-0.15, -0.1) is 0 Å². The summed E-state index contributed by atoms with van der Waals surface area (Å²) in [6, 6.07) is 0. The van der Waals surface area contributed by atoms with Crippen LogP contribution in [0.5, 0.6) is 0 Å². The van der Waals surface area contributed by atoms with Crippen molar-refractivity contribution < 1.29 is 22.7 Å². The van der Waals surface area contributed by atoms with Gasteiger partial charge in [-0.2, -0.15) is 13.2 Å². The van der Waals surface area contributed by atoms with Crippen molar-refractivity contribution in [3.63, 3.8) is 0 Å². The predicted molar refractivity (Wildman–Crippen MR) is 54.9 cm³/mol. The molecule has 0 rings (SSSR count). The molecular formula is C11H17F3O2. The van der Waals surface area contributed by atoms with E-state index in [2.05, 4.69) is 4.74 Å². The van der Waals surface area contributed by atoms with E-state index in [0.29, 0.717) is 18.6 Å². The third kappa shape index (κ3) is 7.31. The molecule has 0 saturated heterocycles. The lowest BCUT2D eigenvalue weighted by molar-refractivity contribution is -0.143. The number of carbonyl (C=O) groups excluding carboxylic acids is 1. The molecule has 0 aromatic rings. The van der Waals surface area contributed by atoms with Crippen LogP contribution in [0.1, 0.15) is 40.0 Å². The van der Waals surface area contributed by atoms with E-state index in [1.54, 1.807) is 13.8 Å². The van der Waals surface area contributed by atoms with Crippen molar-refractivity contribution in [2.24, 2.45) is 0 Å². The fourth-order valence-electron chi connectivity index (χ4n) is 1.19. The summed E-state index contributed by atoms with van der Waals surface area (Å²) in [5.41, 5.74) is 0.877. The van der Waals surface area contributed by atoms with Crippen molar-refractivity contribution in [2.75, 3.05) is 6.61 Å². The van der Waals surface area contributed by atoms with Gasteiger partial charge >= 0.3 is 12.1 Å². The molecule has 0 radical (unpaired) electrons. The molecular weight excluding hydrogens is 221 g/mol. The van der Waals surface area contributed by atoms with E-state index in [-0.39, 0.29) is 18.0 Å². The Kier molecular flexibility index (Phi) is 6.14. The van der Waals surface area contributed by atoms with Crippen LogP contribution in [0, 0.1) is 0 Å². The van der Waals surface area contributed by atoms with Crippen molar-refractivity contribution in [2.45, 2.75) is 46.2 Å². The Labute approximate surface area is 93.5 Å². The number of allylic oxidation sites excluding steroid dienone is 2. The summed E-state index contributed by atoms with van der Waals surface area (Å²) < 4.78 is 40.9. The molecule has 0 fully saturated rings. The summed E-state index contributed by atoms with van der Waals surface area (Å²) >= 11 is 0. The maximum absolute atomic E-state index is 12.1. The second-order valence-electron chi connectivity index (χ2n) is 3.66. The van der Waals surface area contributed by atoms with Crippen LogP contribution in [-0.2, 0) is 9.53 Å². The van der Waals surface area contributed by atoms with E-state index in [1.807, 2.05) is 0 Å². The zero-order chi connectivity index (χ0) is 12.8. The first kappa shape index (κ1) is 15.0. The average Bonchev–Trinajstić information content (AvgIpc) is 2.11. The molecule has 0 heterocycles. The molecule has 0 bridgehead atoms. The molecule has 0 saturated carbocycles. The molecule has 0 aliphatic heterocycles. The van der Waals surface area contributed by atoms with E-state index in [0.717, 1.165) is 0 Å². The SMILES string of the molecule is CCOC(=O)CCC(C)=C(C)CC(F)(F)F. The zero-order valence-electron chi connectivity index (χ0n) is 9.78. The van der Waals surface area contributed by atoms with Gasteiger partial charge in [0.15, 0.2) is 0 Å². The average molecular weight is 238 g/mol. The summed E-state index contributed by atoms with van der Waals surface area (Å²) in [6.45, 7) is 5.03. The van der Waals surface area contributed by atoms with Crippen LogP contribution in [0.25, 0.3) is 0 Å². The van der Waals surface area contributed by atoms with E-state index in [9.17, 15) is 18.0 Å². The minimum atomic E-state index is -4.19. The van der Waals surface area contributed by atoms with Gasteiger partial charge in [-0.3, -0.25) is 4.79 Å². The van der Waals surface area contributed by atoms with E-state index >= 15 is 0 Å². The quantitative estimate of drug-likeness (QED) is 0.540. The molecule has 94 valence electrons. The lowest BCUT2D eigenvalue weighted by Gasteiger charge is -2.10. The third-order valence-electron chi connectivity index (χ3n) is 2.20. The van der Waals surface area contributed by atoms with Crippen LogP contribution >= 0.6 is 0 Å². The van der Waals surface area contributed by atoms with Crippen molar-refractivity contribution in [3.05, 3.63) is 11.1 Å². The van der Waals surface area contributed by atoms with Crippen LogP contribution in [0.15, 0.2) is 11.1 Å². The number of esters is 1. The number of halogens is 3. The summed E-state index contributed by atoms with van der Waals surface area (Å²) in [7, 11) is 0. The Hall–Kier alpha value is -1.00. The van der Waals surface area contributed by atoms with Gasteiger partial charge in [-0.1, -0.05) is 11.1 Å². The summed E-state index contributed by atoms with van der Waals surface area (Å²) in [4.78, 5) is 11.0. The summed E-state index contributed by atoms with van der Waals surface area (Å²) in [5, 5.41) is 0. The summed E-state index contributed by atoms with van der Waals surface area (Å²) in [6.07, 6.45) is -4.65. The van der Waals surface area contributed by atoms with Crippen molar-refractivity contribution >= 4 is 5.97 Å². The van der Waals surface area contributed by atoms with Gasteiger partial charge in [0.05, 0.1) is 13.0 Å². The minimum Gasteiger partial charge on any atom is -0.466 e. The summed E-state index contributed by atoms with van der Waals surface area (Å²) in [5.74, 6) is -0.373. The lowest BCUT2D eigenvalue weighted by Crippen LogP contribution is -2.09. The second kappa shape index (κ2) is 6.55. The van der Waals surface area contributed by atoms with Crippen molar-refractivity contribution in [3.8, 4) is 0 Å². The van der Waals surface area contributed by atoms with Gasteiger partial charge in [0.2, 0.25) is 0 Å². The lowest BCUT2D eigenvalue weighted by atomic mass is 10.0. The normalized spacial score (nSPS) is 13.4. The monoisotopic (exact) mass is 238 g/mol. The Morgan fingerprint density at radius 2 is 1.69 bits per heavy atom. The van der Waals surface area contributed by atoms with Crippen LogP contribution in [0.2, 0.25) is 0 Å². The minimum absolute atomic E-state index is 0.134. The molecule has 0 aromatic carbocycles. The van der Waals surface area contributed by atoms with Gasteiger partial charge in [-0.05, 0) is 27.2 Å². The fourth-order valence-corrected chi connectivity index (χ4v) is 1.19. The van der Waals surface area contributed by atoms with Gasteiger partial charge in [0.1, 0.15) is 0 Å². The fraction of sp³-hybridized carbons (Fsp3) is 0.727. The smallest absolute Gasteiger partial charge is 0.392 e. The maximum atomic E-state index is 12.1. The topological polar surface area (TPSA) is 26.3 Å². The zero-order valence-corrected chi connectivity index (χ0v) is 9.78. The Balaban J connectivity index is 4.17. The standard InChI is InChI=1S/C11H17F3O2/c1-4-16-10(15)6-5-8(2)9(3)7-11(12,13)14/h4-7H2,1-3H3. The van der Waals surface area contributed by atoms with Crippen molar-refractivity contribution in [1.29, 1.82) is 0 Å². The second-order valence-corrected chi connectivity index (χ2v) is 3.66. The molecule has 0 unspecified atom stereocenters. The Bertz CT molecular complexity index is 267. The number of hydrogen-bond acceptors (Lipinski definition) is 2. The van der Waals surface area contributed by atoms with Gasteiger partial charge in [0.25, 0.3) is 0 Å². The van der Waals surface area contributed by atoms with Gasteiger partial charge in [0, 0.05) is 6.42 Å². The Morgan fingerprint density at radius 3 is 2.12 bits per heavy atom. The first-order valence-electron chi connectivity index (χ1n) is 5.14. The van der Waals surface area contributed by atoms with Gasteiger partial charge < -0.3 is 4.74 Å². The first-order valence-corrected chi connectivity index (χ1v) is 5.14. The Morgan fingerprint density at radius 1 is 1.12 bits per heavy atom. The largest absolute Gasteiger partial charge is 0.466 e.